The number of para-hydroxylation sites is 1. The van der Waals surface area contributed by atoms with Crippen molar-refractivity contribution < 1.29 is 13.2 Å². The minimum absolute atomic E-state index is 0.0841. The van der Waals surface area contributed by atoms with Crippen molar-refractivity contribution in [3.63, 3.8) is 0 Å². The number of carbonyl (C=O) groups excluding carboxylic acids is 1. The van der Waals surface area contributed by atoms with E-state index in [1.54, 1.807) is 36.4 Å². The molecule has 0 saturated carbocycles. The standard InChI is InChI=1S/C19H24N2O3S/c1-5-19(2,3)20-18(22)15-10-9-13-17(14-15)25(23,24)21(4)16-11-7-6-8-12-16/h6-14H,5H2,1-4H3,(H,20,22). The van der Waals surface area contributed by atoms with Gasteiger partial charge in [-0.2, -0.15) is 0 Å². The highest BCUT2D eigenvalue weighted by atomic mass is 32.2. The Hall–Kier alpha value is -2.34. The molecule has 0 radical (unpaired) electrons. The van der Waals surface area contributed by atoms with Crippen molar-refractivity contribution in [3.8, 4) is 0 Å². The number of hydrogen-bond donors (Lipinski definition) is 1. The van der Waals surface area contributed by atoms with Crippen molar-refractivity contribution >= 4 is 21.6 Å². The van der Waals surface area contributed by atoms with E-state index in [0.29, 0.717) is 11.3 Å². The van der Waals surface area contributed by atoms with Gasteiger partial charge in [-0.1, -0.05) is 31.2 Å². The Morgan fingerprint density at radius 1 is 1.08 bits per heavy atom. The zero-order valence-corrected chi connectivity index (χ0v) is 15.8. The van der Waals surface area contributed by atoms with E-state index < -0.39 is 10.0 Å². The molecule has 2 aromatic carbocycles. The van der Waals surface area contributed by atoms with Gasteiger partial charge in [0.25, 0.3) is 15.9 Å². The molecule has 0 unspecified atom stereocenters. The van der Waals surface area contributed by atoms with Crippen molar-refractivity contribution in [1.29, 1.82) is 0 Å². The molecule has 6 heteroatoms. The van der Waals surface area contributed by atoms with E-state index in [2.05, 4.69) is 5.32 Å². The molecular formula is C19H24N2O3S. The summed E-state index contributed by atoms with van der Waals surface area (Å²) < 4.78 is 26.9. The molecule has 0 heterocycles. The van der Waals surface area contributed by atoms with Gasteiger partial charge in [0.2, 0.25) is 0 Å². The molecule has 0 saturated heterocycles. The highest BCUT2D eigenvalue weighted by molar-refractivity contribution is 7.92. The maximum absolute atomic E-state index is 12.8. The van der Waals surface area contributed by atoms with E-state index in [1.807, 2.05) is 26.8 Å². The second-order valence-electron chi connectivity index (χ2n) is 6.53. The van der Waals surface area contributed by atoms with E-state index >= 15 is 0 Å². The number of benzene rings is 2. The van der Waals surface area contributed by atoms with Gasteiger partial charge in [-0.25, -0.2) is 8.42 Å². The summed E-state index contributed by atoms with van der Waals surface area (Å²) >= 11 is 0. The Morgan fingerprint density at radius 3 is 2.32 bits per heavy atom. The zero-order valence-electron chi connectivity index (χ0n) is 15.0. The minimum Gasteiger partial charge on any atom is -0.347 e. The minimum atomic E-state index is -3.74. The van der Waals surface area contributed by atoms with Gasteiger partial charge in [0.15, 0.2) is 0 Å². The van der Waals surface area contributed by atoms with Gasteiger partial charge in [-0.05, 0) is 50.6 Å². The highest BCUT2D eigenvalue weighted by Crippen LogP contribution is 2.22. The van der Waals surface area contributed by atoms with E-state index in [-0.39, 0.29) is 16.3 Å². The van der Waals surface area contributed by atoms with Crippen LogP contribution in [0, 0.1) is 0 Å². The second kappa shape index (κ2) is 7.27. The van der Waals surface area contributed by atoms with Gasteiger partial charge >= 0.3 is 0 Å². The Kier molecular flexibility index (Phi) is 5.52. The molecule has 5 nitrogen and oxygen atoms in total. The van der Waals surface area contributed by atoms with Crippen molar-refractivity contribution in [2.45, 2.75) is 37.6 Å². The van der Waals surface area contributed by atoms with Crippen LogP contribution in [0.5, 0.6) is 0 Å². The van der Waals surface area contributed by atoms with Crippen LogP contribution < -0.4 is 9.62 Å². The normalized spacial score (nSPS) is 11.8. The van der Waals surface area contributed by atoms with Crippen LogP contribution in [0.1, 0.15) is 37.6 Å². The average Bonchev–Trinajstić information content (AvgIpc) is 2.61. The first-order valence-electron chi connectivity index (χ1n) is 8.14. The van der Waals surface area contributed by atoms with Crippen LogP contribution in [0.2, 0.25) is 0 Å². The van der Waals surface area contributed by atoms with Crippen LogP contribution >= 0.6 is 0 Å². The Bertz CT molecular complexity index is 846. The molecule has 0 aliphatic heterocycles. The first kappa shape index (κ1) is 19.0. The maximum Gasteiger partial charge on any atom is 0.264 e. The number of sulfonamides is 1. The summed E-state index contributed by atoms with van der Waals surface area (Å²) in [6.07, 6.45) is 0.771. The number of nitrogens with one attached hydrogen (secondary N) is 1. The van der Waals surface area contributed by atoms with E-state index in [0.717, 1.165) is 6.42 Å². The Balaban J connectivity index is 2.33. The molecule has 25 heavy (non-hydrogen) atoms. The van der Waals surface area contributed by atoms with Gasteiger partial charge in [0, 0.05) is 18.2 Å². The van der Waals surface area contributed by atoms with E-state index in [1.165, 1.54) is 23.5 Å². The predicted octanol–water partition coefficient (Wildman–Crippen LogP) is 3.43. The molecule has 2 aromatic rings. The van der Waals surface area contributed by atoms with Crippen LogP contribution in [0.4, 0.5) is 5.69 Å². The summed E-state index contributed by atoms with van der Waals surface area (Å²) in [4.78, 5) is 12.5. The van der Waals surface area contributed by atoms with Crippen molar-refractivity contribution in [3.05, 3.63) is 60.2 Å². The topological polar surface area (TPSA) is 66.5 Å². The third-order valence-corrected chi connectivity index (χ3v) is 5.99. The number of hydrogen-bond acceptors (Lipinski definition) is 3. The smallest absolute Gasteiger partial charge is 0.264 e. The summed E-state index contributed by atoms with van der Waals surface area (Å²) in [5.41, 5.74) is 0.529. The van der Waals surface area contributed by atoms with Crippen molar-refractivity contribution in [2.24, 2.45) is 0 Å². The van der Waals surface area contributed by atoms with E-state index in [9.17, 15) is 13.2 Å². The maximum atomic E-state index is 12.8. The first-order chi connectivity index (χ1) is 11.7. The summed E-state index contributed by atoms with van der Waals surface area (Å²) in [6, 6.07) is 14.9. The SMILES string of the molecule is CCC(C)(C)NC(=O)c1cccc(S(=O)(=O)N(C)c2ccccc2)c1. The summed E-state index contributed by atoms with van der Waals surface area (Å²) in [7, 11) is -2.25. The van der Waals surface area contributed by atoms with Crippen LogP contribution in [-0.4, -0.2) is 26.9 Å². The van der Waals surface area contributed by atoms with Crippen LogP contribution in [0.25, 0.3) is 0 Å². The summed E-state index contributed by atoms with van der Waals surface area (Å²) in [6.45, 7) is 5.83. The van der Waals surface area contributed by atoms with Gasteiger partial charge < -0.3 is 5.32 Å². The third-order valence-electron chi connectivity index (χ3n) is 4.21. The molecule has 2 rings (SSSR count). The second-order valence-corrected chi connectivity index (χ2v) is 8.50. The number of anilines is 1. The zero-order chi connectivity index (χ0) is 18.7. The molecule has 134 valence electrons. The quantitative estimate of drug-likeness (QED) is 0.858. The molecule has 1 amide bonds. The van der Waals surface area contributed by atoms with E-state index in [4.69, 9.17) is 0 Å². The number of rotatable bonds is 6. The lowest BCUT2D eigenvalue weighted by Crippen LogP contribution is -2.42. The van der Waals surface area contributed by atoms with Gasteiger partial charge in [0.1, 0.15) is 0 Å². The number of nitrogens with zero attached hydrogens (tertiary/aromatic N) is 1. The highest BCUT2D eigenvalue weighted by Gasteiger charge is 2.24. The molecule has 0 fully saturated rings. The molecule has 0 aliphatic carbocycles. The molecule has 1 N–H and O–H groups in total. The van der Waals surface area contributed by atoms with Gasteiger partial charge in [-0.3, -0.25) is 9.10 Å². The lowest BCUT2D eigenvalue weighted by atomic mass is 10.0. The fourth-order valence-corrected chi connectivity index (χ4v) is 3.44. The lowest BCUT2D eigenvalue weighted by molar-refractivity contribution is 0.0911. The molecule has 0 bridgehead atoms. The largest absolute Gasteiger partial charge is 0.347 e. The fourth-order valence-electron chi connectivity index (χ4n) is 2.20. The monoisotopic (exact) mass is 360 g/mol. The van der Waals surface area contributed by atoms with Crippen LogP contribution in [0.15, 0.2) is 59.5 Å². The third kappa shape index (κ3) is 4.39. The summed E-state index contributed by atoms with van der Waals surface area (Å²) in [5, 5.41) is 2.91. The summed E-state index contributed by atoms with van der Waals surface area (Å²) in [5.74, 6) is -0.286. The van der Waals surface area contributed by atoms with Crippen LogP contribution in [-0.2, 0) is 10.0 Å². The van der Waals surface area contributed by atoms with Crippen molar-refractivity contribution in [1.82, 2.24) is 5.32 Å². The molecule has 0 atom stereocenters. The van der Waals surface area contributed by atoms with Crippen molar-refractivity contribution in [2.75, 3.05) is 11.4 Å². The first-order valence-corrected chi connectivity index (χ1v) is 9.58. The lowest BCUT2D eigenvalue weighted by Gasteiger charge is -2.24. The molecule has 0 aromatic heterocycles. The average molecular weight is 360 g/mol. The molecule has 0 spiro atoms. The number of amides is 1. The predicted molar refractivity (Wildman–Crippen MR) is 100 cm³/mol. The molecular weight excluding hydrogens is 336 g/mol. The van der Waals surface area contributed by atoms with Gasteiger partial charge in [-0.15, -0.1) is 0 Å². The number of carbonyl (C=O) groups is 1. The fraction of sp³-hybridized carbons (Fsp3) is 0.316. The molecule has 0 aliphatic rings. The Morgan fingerprint density at radius 2 is 1.72 bits per heavy atom. The van der Waals surface area contributed by atoms with Gasteiger partial charge in [0.05, 0.1) is 10.6 Å². The Labute approximate surface area is 149 Å². The van der Waals surface area contributed by atoms with Crippen LogP contribution in [0.3, 0.4) is 0 Å².